The Balaban J connectivity index is 1.48. The maximum atomic E-state index is 5.66. The van der Waals surface area contributed by atoms with E-state index in [1.54, 1.807) is 0 Å². The highest BCUT2D eigenvalue weighted by molar-refractivity contribution is 5.78. The fourth-order valence-electron chi connectivity index (χ4n) is 2.55. The minimum absolute atomic E-state index is 0.545. The third-order valence-electron chi connectivity index (χ3n) is 3.85. The second-order valence-corrected chi connectivity index (χ2v) is 5.97. The Morgan fingerprint density at radius 1 is 1.04 bits per heavy atom. The maximum Gasteiger partial charge on any atom is 0.297 e. The van der Waals surface area contributed by atoms with Gasteiger partial charge in [0.2, 0.25) is 0 Å². The summed E-state index contributed by atoms with van der Waals surface area (Å²) in [7, 11) is 3.80. The summed E-state index contributed by atoms with van der Waals surface area (Å²) in [6, 6.07) is 18.3. The summed E-state index contributed by atoms with van der Waals surface area (Å²) in [5.74, 6) is 0.771. The van der Waals surface area contributed by atoms with Crippen molar-refractivity contribution < 1.29 is 8.94 Å². The molecule has 2 aromatic heterocycles. The smallest absolute Gasteiger partial charge is 0.297 e. The number of oxazole rings is 1. The highest BCUT2D eigenvalue weighted by Gasteiger charge is 2.09. The van der Waals surface area contributed by atoms with Crippen LogP contribution >= 0.6 is 0 Å². The van der Waals surface area contributed by atoms with Crippen LogP contribution in [0.2, 0.25) is 0 Å². The number of hydrogen-bond donors (Lipinski definition) is 1. The molecule has 25 heavy (non-hydrogen) atoms. The van der Waals surface area contributed by atoms with Crippen LogP contribution in [0.1, 0.15) is 5.76 Å². The van der Waals surface area contributed by atoms with Gasteiger partial charge < -0.3 is 19.2 Å². The standard InChI is InChI=1S/C19H18N4O2/c1-23(2)19-21-17-10-14(8-9-18(17)24-19)20-12-15-11-16(22-25-15)13-6-4-3-5-7-13/h3-11,20H,12H2,1-2H3. The van der Waals surface area contributed by atoms with E-state index >= 15 is 0 Å². The van der Waals surface area contributed by atoms with Gasteiger partial charge in [-0.25, -0.2) is 0 Å². The van der Waals surface area contributed by atoms with Crippen molar-refractivity contribution in [3.8, 4) is 11.3 Å². The van der Waals surface area contributed by atoms with Crippen LogP contribution in [0, 0.1) is 0 Å². The Labute approximate surface area is 145 Å². The summed E-state index contributed by atoms with van der Waals surface area (Å²) in [6.07, 6.45) is 0. The normalized spacial score (nSPS) is 11.0. The molecule has 0 bridgehead atoms. The molecule has 2 heterocycles. The highest BCUT2D eigenvalue weighted by atomic mass is 16.5. The Morgan fingerprint density at radius 3 is 2.68 bits per heavy atom. The lowest BCUT2D eigenvalue weighted by Gasteiger charge is -2.03. The third kappa shape index (κ3) is 3.19. The highest BCUT2D eigenvalue weighted by Crippen LogP contribution is 2.24. The Bertz CT molecular complexity index is 989. The predicted octanol–water partition coefficient (Wildman–Crippen LogP) is 4.16. The van der Waals surface area contributed by atoms with Crippen molar-refractivity contribution in [1.82, 2.24) is 10.1 Å². The van der Waals surface area contributed by atoms with E-state index < -0.39 is 0 Å². The zero-order valence-corrected chi connectivity index (χ0v) is 14.1. The SMILES string of the molecule is CN(C)c1nc2cc(NCc3cc(-c4ccccc4)no3)ccc2o1. The quantitative estimate of drug-likeness (QED) is 0.591. The summed E-state index contributed by atoms with van der Waals surface area (Å²) in [4.78, 5) is 6.30. The van der Waals surface area contributed by atoms with Crippen LogP contribution in [0.5, 0.6) is 0 Å². The molecule has 0 amide bonds. The van der Waals surface area contributed by atoms with Crippen molar-refractivity contribution in [2.45, 2.75) is 6.54 Å². The minimum atomic E-state index is 0.545. The van der Waals surface area contributed by atoms with E-state index in [1.807, 2.05) is 73.6 Å². The number of nitrogens with one attached hydrogen (secondary N) is 1. The molecule has 6 nitrogen and oxygen atoms in total. The molecule has 0 unspecified atom stereocenters. The Morgan fingerprint density at radius 2 is 1.88 bits per heavy atom. The predicted molar refractivity (Wildman–Crippen MR) is 97.6 cm³/mol. The first-order valence-electron chi connectivity index (χ1n) is 8.02. The molecular weight excluding hydrogens is 316 g/mol. The largest absolute Gasteiger partial charge is 0.423 e. The summed E-state index contributed by atoms with van der Waals surface area (Å²) < 4.78 is 11.1. The fourth-order valence-corrected chi connectivity index (χ4v) is 2.55. The third-order valence-corrected chi connectivity index (χ3v) is 3.85. The molecule has 0 aliphatic carbocycles. The molecule has 6 heteroatoms. The van der Waals surface area contributed by atoms with E-state index in [4.69, 9.17) is 8.94 Å². The lowest BCUT2D eigenvalue weighted by atomic mass is 10.1. The monoisotopic (exact) mass is 334 g/mol. The molecule has 0 atom stereocenters. The molecule has 0 fully saturated rings. The first-order chi connectivity index (χ1) is 12.2. The van der Waals surface area contributed by atoms with Crippen molar-refractivity contribution in [3.63, 3.8) is 0 Å². The summed E-state index contributed by atoms with van der Waals surface area (Å²) in [5.41, 5.74) is 4.40. The Kier molecular flexibility index (Phi) is 3.85. The second kappa shape index (κ2) is 6.32. The van der Waals surface area contributed by atoms with Crippen LogP contribution in [0.4, 0.5) is 11.7 Å². The first-order valence-corrected chi connectivity index (χ1v) is 8.02. The van der Waals surface area contributed by atoms with Crippen LogP contribution in [-0.4, -0.2) is 24.2 Å². The van der Waals surface area contributed by atoms with Crippen LogP contribution in [0.15, 0.2) is 63.5 Å². The first kappa shape index (κ1) is 15.3. The van der Waals surface area contributed by atoms with Gasteiger partial charge in [0.25, 0.3) is 6.01 Å². The summed E-state index contributed by atoms with van der Waals surface area (Å²) in [5, 5.41) is 7.45. The molecule has 0 radical (unpaired) electrons. The number of hydrogen-bond acceptors (Lipinski definition) is 6. The molecule has 1 N–H and O–H groups in total. The topological polar surface area (TPSA) is 67.3 Å². The Hall–Kier alpha value is -3.28. The van der Waals surface area contributed by atoms with Gasteiger partial charge in [-0.3, -0.25) is 0 Å². The van der Waals surface area contributed by atoms with Crippen LogP contribution in [0.25, 0.3) is 22.4 Å². The van der Waals surface area contributed by atoms with Crippen LogP contribution < -0.4 is 10.2 Å². The summed E-state index contributed by atoms with van der Waals surface area (Å²) >= 11 is 0. The molecule has 0 spiro atoms. The van der Waals surface area contributed by atoms with E-state index in [-0.39, 0.29) is 0 Å². The van der Waals surface area contributed by atoms with Crippen molar-refractivity contribution in [1.29, 1.82) is 0 Å². The number of nitrogens with zero attached hydrogens (tertiary/aromatic N) is 3. The van der Waals surface area contributed by atoms with E-state index in [9.17, 15) is 0 Å². The van der Waals surface area contributed by atoms with Gasteiger partial charge in [0.05, 0.1) is 6.54 Å². The van der Waals surface area contributed by atoms with Gasteiger partial charge in [-0.15, -0.1) is 0 Å². The van der Waals surface area contributed by atoms with Gasteiger partial charge >= 0.3 is 0 Å². The van der Waals surface area contributed by atoms with Gasteiger partial charge in [0, 0.05) is 31.4 Å². The van der Waals surface area contributed by atoms with Gasteiger partial charge in [0.15, 0.2) is 11.3 Å². The molecule has 0 saturated heterocycles. The minimum Gasteiger partial charge on any atom is -0.423 e. The van der Waals surface area contributed by atoms with Gasteiger partial charge in [-0.05, 0) is 18.2 Å². The van der Waals surface area contributed by atoms with E-state index in [1.165, 1.54) is 0 Å². The lowest BCUT2D eigenvalue weighted by molar-refractivity contribution is 0.390. The molecule has 0 aliphatic rings. The van der Waals surface area contributed by atoms with E-state index in [0.29, 0.717) is 12.6 Å². The lowest BCUT2D eigenvalue weighted by Crippen LogP contribution is -2.08. The fraction of sp³-hybridized carbons (Fsp3) is 0.158. The number of anilines is 2. The van der Waals surface area contributed by atoms with E-state index in [0.717, 1.165) is 33.8 Å². The van der Waals surface area contributed by atoms with Crippen molar-refractivity contribution in [2.75, 3.05) is 24.3 Å². The summed E-state index contributed by atoms with van der Waals surface area (Å²) in [6.45, 7) is 0.545. The zero-order chi connectivity index (χ0) is 17.2. The molecule has 126 valence electrons. The zero-order valence-electron chi connectivity index (χ0n) is 14.1. The molecular formula is C19H18N4O2. The van der Waals surface area contributed by atoms with Gasteiger partial charge in [-0.2, -0.15) is 4.98 Å². The van der Waals surface area contributed by atoms with Gasteiger partial charge in [0.1, 0.15) is 11.2 Å². The number of fused-ring (bicyclic) bond motifs is 1. The van der Waals surface area contributed by atoms with Crippen molar-refractivity contribution >= 4 is 22.8 Å². The number of aromatic nitrogens is 2. The maximum absolute atomic E-state index is 5.66. The number of benzene rings is 2. The van der Waals surface area contributed by atoms with Crippen LogP contribution in [0.3, 0.4) is 0 Å². The van der Waals surface area contributed by atoms with Crippen molar-refractivity contribution in [2.24, 2.45) is 0 Å². The molecule has 4 rings (SSSR count). The molecule has 4 aromatic rings. The molecule has 0 aliphatic heterocycles. The average molecular weight is 334 g/mol. The second-order valence-electron chi connectivity index (χ2n) is 5.97. The van der Waals surface area contributed by atoms with E-state index in [2.05, 4.69) is 15.5 Å². The molecule has 2 aromatic carbocycles. The van der Waals surface area contributed by atoms with Crippen molar-refractivity contribution in [3.05, 3.63) is 60.4 Å². The molecule has 0 saturated carbocycles. The average Bonchev–Trinajstić information content (AvgIpc) is 3.27. The number of rotatable bonds is 5. The van der Waals surface area contributed by atoms with Crippen LogP contribution in [-0.2, 0) is 6.54 Å². The van der Waals surface area contributed by atoms with Gasteiger partial charge in [-0.1, -0.05) is 35.5 Å².